The van der Waals surface area contributed by atoms with Gasteiger partial charge in [-0.1, -0.05) is 25.1 Å². The van der Waals surface area contributed by atoms with E-state index in [1.54, 1.807) is 25.1 Å². The van der Waals surface area contributed by atoms with E-state index in [0.29, 0.717) is 6.54 Å². The molecule has 9 heteroatoms. The lowest BCUT2D eigenvalue weighted by molar-refractivity contribution is 0.0725. The molecule has 2 aromatic rings. The first-order chi connectivity index (χ1) is 13.7. The molecule has 158 valence electrons. The molecule has 0 radical (unpaired) electrons. The zero-order valence-corrected chi connectivity index (χ0v) is 17.5. The number of sulfonamides is 1. The topological polar surface area (TPSA) is 69.7 Å². The van der Waals surface area contributed by atoms with Crippen LogP contribution < -0.4 is 4.72 Å². The third kappa shape index (κ3) is 6.06. The van der Waals surface area contributed by atoms with Crippen molar-refractivity contribution in [3.8, 4) is 0 Å². The van der Waals surface area contributed by atoms with Gasteiger partial charge in [0.25, 0.3) is 5.91 Å². The maximum absolute atomic E-state index is 14.4. The molecule has 1 N–H and O–H groups in total. The van der Waals surface area contributed by atoms with Crippen molar-refractivity contribution >= 4 is 15.9 Å². The molecule has 29 heavy (non-hydrogen) atoms. The molecule has 0 atom stereocenters. The van der Waals surface area contributed by atoms with Gasteiger partial charge in [-0.3, -0.25) is 4.79 Å². The van der Waals surface area contributed by atoms with E-state index in [9.17, 15) is 22.0 Å². The lowest BCUT2D eigenvalue weighted by Gasteiger charge is -2.25. The average molecular weight is 426 g/mol. The smallest absolute Gasteiger partial charge is 0.257 e. The molecule has 0 heterocycles. The fourth-order valence-electron chi connectivity index (χ4n) is 2.68. The van der Waals surface area contributed by atoms with Gasteiger partial charge in [-0.2, -0.15) is 0 Å². The summed E-state index contributed by atoms with van der Waals surface area (Å²) >= 11 is 0. The summed E-state index contributed by atoms with van der Waals surface area (Å²) in [5.74, 6) is -2.02. The number of benzene rings is 2. The summed E-state index contributed by atoms with van der Waals surface area (Å²) in [5.41, 5.74) is -0.0875. The number of rotatable bonds is 9. The summed E-state index contributed by atoms with van der Waals surface area (Å²) in [4.78, 5) is 16.0. The molecule has 0 aliphatic carbocycles. The Kier molecular flexibility index (Phi) is 7.83. The van der Waals surface area contributed by atoms with Gasteiger partial charge in [-0.25, -0.2) is 21.9 Å². The van der Waals surface area contributed by atoms with Crippen LogP contribution in [0.3, 0.4) is 0 Å². The highest BCUT2D eigenvalue weighted by molar-refractivity contribution is 7.89. The molecule has 0 fully saturated rings. The van der Waals surface area contributed by atoms with Gasteiger partial charge in [0.15, 0.2) is 0 Å². The molecular formula is C20H25F2N3O3S. The van der Waals surface area contributed by atoms with Crippen molar-refractivity contribution in [2.45, 2.75) is 18.4 Å². The Morgan fingerprint density at radius 3 is 2.34 bits per heavy atom. The Hall–Kier alpha value is -2.36. The minimum absolute atomic E-state index is 0.0665. The Labute approximate surface area is 170 Å². The fourth-order valence-corrected chi connectivity index (χ4v) is 3.75. The molecule has 0 aromatic heterocycles. The number of nitrogens with one attached hydrogen (secondary N) is 1. The van der Waals surface area contributed by atoms with Crippen molar-refractivity contribution in [1.29, 1.82) is 0 Å². The highest BCUT2D eigenvalue weighted by atomic mass is 32.2. The van der Waals surface area contributed by atoms with E-state index in [-0.39, 0.29) is 35.7 Å². The lowest BCUT2D eigenvalue weighted by Crippen LogP contribution is -2.37. The van der Waals surface area contributed by atoms with Crippen LogP contribution in [0.25, 0.3) is 0 Å². The number of likely N-dealkylation sites (N-methyl/N-ethyl adjacent to an activating group) is 1. The molecule has 0 unspecified atom stereocenters. The SMILES string of the molecule is CCNS(=O)(=O)c1ccc(F)c(C(=O)N(CCN(C)C)Cc2ccccc2F)c1. The van der Waals surface area contributed by atoms with E-state index in [4.69, 9.17) is 0 Å². The van der Waals surface area contributed by atoms with E-state index in [1.165, 1.54) is 11.0 Å². The normalized spacial score (nSPS) is 11.7. The molecular weight excluding hydrogens is 400 g/mol. The summed E-state index contributed by atoms with van der Waals surface area (Å²) < 4.78 is 55.3. The third-order valence-corrected chi connectivity index (χ3v) is 5.78. The molecule has 0 bridgehead atoms. The van der Waals surface area contributed by atoms with Crippen molar-refractivity contribution in [1.82, 2.24) is 14.5 Å². The van der Waals surface area contributed by atoms with Crippen molar-refractivity contribution in [2.75, 3.05) is 33.7 Å². The molecule has 2 aromatic carbocycles. The van der Waals surface area contributed by atoms with Crippen LogP contribution in [-0.4, -0.2) is 57.9 Å². The quantitative estimate of drug-likeness (QED) is 0.670. The van der Waals surface area contributed by atoms with Crippen LogP contribution in [0.1, 0.15) is 22.8 Å². The number of amides is 1. The van der Waals surface area contributed by atoms with E-state index >= 15 is 0 Å². The van der Waals surface area contributed by atoms with Gasteiger partial charge in [0.1, 0.15) is 11.6 Å². The summed E-state index contributed by atoms with van der Waals surface area (Å²) in [6.45, 7) is 2.39. The monoisotopic (exact) mass is 425 g/mol. The third-order valence-electron chi connectivity index (χ3n) is 4.24. The Bertz CT molecular complexity index is 965. The van der Waals surface area contributed by atoms with Crippen molar-refractivity contribution < 1.29 is 22.0 Å². The van der Waals surface area contributed by atoms with Gasteiger partial charge < -0.3 is 9.80 Å². The first kappa shape index (κ1) is 22.9. The minimum atomic E-state index is -3.86. The van der Waals surface area contributed by atoms with Gasteiger partial charge in [0.05, 0.1) is 10.5 Å². The summed E-state index contributed by atoms with van der Waals surface area (Å²) in [6.07, 6.45) is 0. The Balaban J connectivity index is 2.40. The van der Waals surface area contributed by atoms with Crippen molar-refractivity contribution in [2.24, 2.45) is 0 Å². The maximum Gasteiger partial charge on any atom is 0.257 e. The molecule has 0 saturated carbocycles. The lowest BCUT2D eigenvalue weighted by atomic mass is 10.1. The van der Waals surface area contributed by atoms with Gasteiger partial charge in [0, 0.05) is 31.7 Å². The Morgan fingerprint density at radius 1 is 1.03 bits per heavy atom. The highest BCUT2D eigenvalue weighted by Crippen LogP contribution is 2.19. The first-order valence-corrected chi connectivity index (χ1v) is 10.6. The molecule has 2 rings (SSSR count). The van der Waals surface area contributed by atoms with Gasteiger partial charge in [-0.05, 0) is 38.4 Å². The van der Waals surface area contributed by atoms with Gasteiger partial charge in [0.2, 0.25) is 10.0 Å². The minimum Gasteiger partial charge on any atom is -0.333 e. The molecule has 0 aliphatic heterocycles. The summed E-state index contributed by atoms with van der Waals surface area (Å²) in [7, 11) is -0.225. The van der Waals surface area contributed by atoms with Gasteiger partial charge >= 0.3 is 0 Å². The summed E-state index contributed by atoms with van der Waals surface area (Å²) in [5, 5.41) is 0. The average Bonchev–Trinajstić information content (AvgIpc) is 2.66. The second-order valence-electron chi connectivity index (χ2n) is 6.76. The fraction of sp³-hybridized carbons (Fsp3) is 0.350. The van der Waals surface area contributed by atoms with E-state index in [0.717, 1.165) is 18.2 Å². The number of carbonyl (C=O) groups excluding carboxylic acids is 1. The summed E-state index contributed by atoms with van der Waals surface area (Å²) in [6, 6.07) is 9.09. The molecule has 0 spiro atoms. The van der Waals surface area contributed by atoms with Crippen LogP contribution in [-0.2, 0) is 16.6 Å². The molecule has 1 amide bonds. The highest BCUT2D eigenvalue weighted by Gasteiger charge is 2.23. The van der Waals surface area contributed by atoms with Crippen LogP contribution in [0.5, 0.6) is 0 Å². The van der Waals surface area contributed by atoms with Crippen LogP contribution in [0, 0.1) is 11.6 Å². The number of hydrogen-bond donors (Lipinski definition) is 1. The van der Waals surface area contributed by atoms with Crippen molar-refractivity contribution in [3.63, 3.8) is 0 Å². The number of halogens is 2. The first-order valence-electron chi connectivity index (χ1n) is 9.12. The molecule has 0 saturated heterocycles. The van der Waals surface area contributed by atoms with E-state index < -0.39 is 27.6 Å². The number of hydrogen-bond acceptors (Lipinski definition) is 4. The van der Waals surface area contributed by atoms with Crippen LogP contribution in [0.4, 0.5) is 8.78 Å². The van der Waals surface area contributed by atoms with Crippen molar-refractivity contribution in [3.05, 3.63) is 65.2 Å². The predicted octanol–water partition coefficient (Wildman–Crippen LogP) is 2.47. The molecule has 0 aliphatic rings. The number of nitrogens with zero attached hydrogens (tertiary/aromatic N) is 2. The van der Waals surface area contributed by atoms with E-state index in [2.05, 4.69) is 4.72 Å². The predicted molar refractivity (Wildman–Crippen MR) is 107 cm³/mol. The zero-order chi connectivity index (χ0) is 21.6. The zero-order valence-electron chi connectivity index (χ0n) is 16.7. The standard InChI is InChI=1S/C20H25F2N3O3S/c1-4-23-29(27,28)16-9-10-19(22)17(13-16)20(26)25(12-11-24(2)3)14-15-7-5-6-8-18(15)21/h5-10,13,23H,4,11-12,14H2,1-3H3. The van der Waals surface area contributed by atoms with Crippen LogP contribution in [0.2, 0.25) is 0 Å². The van der Waals surface area contributed by atoms with Gasteiger partial charge in [-0.15, -0.1) is 0 Å². The largest absolute Gasteiger partial charge is 0.333 e. The van der Waals surface area contributed by atoms with Crippen LogP contribution >= 0.6 is 0 Å². The Morgan fingerprint density at radius 2 is 1.72 bits per heavy atom. The number of carbonyl (C=O) groups is 1. The molecule has 6 nitrogen and oxygen atoms in total. The van der Waals surface area contributed by atoms with E-state index in [1.807, 2.05) is 19.0 Å². The second kappa shape index (κ2) is 9.91. The van der Waals surface area contributed by atoms with Crippen LogP contribution in [0.15, 0.2) is 47.4 Å². The maximum atomic E-state index is 14.4. The second-order valence-corrected chi connectivity index (χ2v) is 8.53.